The second-order valence-corrected chi connectivity index (χ2v) is 6.63. The van der Waals surface area contributed by atoms with Crippen molar-refractivity contribution in [2.75, 3.05) is 18.4 Å². The van der Waals surface area contributed by atoms with Crippen LogP contribution >= 0.6 is 0 Å². The Labute approximate surface area is 135 Å². The third-order valence-corrected chi connectivity index (χ3v) is 5.33. The SMILES string of the molecule is O=C(Nc1cccc(-c2cnco2)c1)[C@@]12CCCC[C@H]1CNC2. The number of nitrogens with one attached hydrogen (secondary N) is 2. The summed E-state index contributed by atoms with van der Waals surface area (Å²) >= 11 is 0. The molecule has 2 heterocycles. The highest BCUT2D eigenvalue weighted by Gasteiger charge is 2.49. The molecule has 1 aliphatic carbocycles. The van der Waals surface area contributed by atoms with Gasteiger partial charge in [0.25, 0.3) is 0 Å². The summed E-state index contributed by atoms with van der Waals surface area (Å²) in [5, 5.41) is 6.56. The molecule has 0 unspecified atom stereocenters. The monoisotopic (exact) mass is 311 g/mol. The lowest BCUT2D eigenvalue weighted by Gasteiger charge is -2.37. The number of rotatable bonds is 3. The summed E-state index contributed by atoms with van der Waals surface area (Å²) in [7, 11) is 0. The number of nitrogens with zero attached hydrogens (tertiary/aromatic N) is 1. The number of oxazole rings is 1. The summed E-state index contributed by atoms with van der Waals surface area (Å²) in [6.07, 6.45) is 7.61. The van der Waals surface area contributed by atoms with Crippen LogP contribution < -0.4 is 10.6 Å². The van der Waals surface area contributed by atoms with Crippen molar-refractivity contribution in [3.8, 4) is 11.3 Å². The first-order valence-electron chi connectivity index (χ1n) is 8.29. The molecule has 5 nitrogen and oxygen atoms in total. The summed E-state index contributed by atoms with van der Waals surface area (Å²) in [5.74, 6) is 1.33. The number of benzene rings is 1. The fourth-order valence-corrected chi connectivity index (χ4v) is 4.05. The maximum Gasteiger partial charge on any atom is 0.232 e. The van der Waals surface area contributed by atoms with E-state index >= 15 is 0 Å². The average molecular weight is 311 g/mol. The molecule has 0 bridgehead atoms. The van der Waals surface area contributed by atoms with Crippen molar-refractivity contribution in [3.63, 3.8) is 0 Å². The molecule has 1 aromatic heterocycles. The maximum atomic E-state index is 13.0. The number of hydrogen-bond donors (Lipinski definition) is 2. The average Bonchev–Trinajstić information content (AvgIpc) is 3.25. The van der Waals surface area contributed by atoms with Crippen molar-refractivity contribution in [1.29, 1.82) is 0 Å². The van der Waals surface area contributed by atoms with Crippen LogP contribution in [0.4, 0.5) is 5.69 Å². The number of fused-ring (bicyclic) bond motifs is 1. The van der Waals surface area contributed by atoms with Crippen molar-refractivity contribution < 1.29 is 9.21 Å². The predicted molar refractivity (Wildman–Crippen MR) is 87.8 cm³/mol. The molecule has 23 heavy (non-hydrogen) atoms. The van der Waals surface area contributed by atoms with Crippen molar-refractivity contribution in [2.45, 2.75) is 25.7 Å². The number of carbonyl (C=O) groups is 1. The molecule has 1 saturated carbocycles. The van der Waals surface area contributed by atoms with Crippen LogP contribution in [0.25, 0.3) is 11.3 Å². The lowest BCUT2D eigenvalue weighted by Crippen LogP contribution is -2.44. The standard InChI is InChI=1S/C18H21N3O2/c22-17(18-7-2-1-5-14(18)9-19-11-18)21-15-6-3-4-13(8-15)16-10-20-12-23-16/h3-4,6,8,10,12,14,19H,1-2,5,7,9,11H2,(H,21,22)/t14-,18+/m0/s1. The van der Waals surface area contributed by atoms with Gasteiger partial charge in [-0.3, -0.25) is 4.79 Å². The van der Waals surface area contributed by atoms with Crippen LogP contribution in [0.2, 0.25) is 0 Å². The Morgan fingerprint density at radius 1 is 1.39 bits per heavy atom. The van der Waals surface area contributed by atoms with Gasteiger partial charge in [0.1, 0.15) is 0 Å². The number of aromatic nitrogens is 1. The zero-order valence-corrected chi connectivity index (χ0v) is 13.0. The molecule has 0 radical (unpaired) electrons. The zero-order valence-electron chi connectivity index (χ0n) is 13.0. The zero-order chi connectivity index (χ0) is 15.7. The summed E-state index contributed by atoms with van der Waals surface area (Å²) in [5.41, 5.74) is 1.50. The van der Waals surface area contributed by atoms with E-state index in [1.807, 2.05) is 24.3 Å². The fraction of sp³-hybridized carbons (Fsp3) is 0.444. The highest BCUT2D eigenvalue weighted by molar-refractivity contribution is 5.96. The van der Waals surface area contributed by atoms with Gasteiger partial charge in [-0.25, -0.2) is 4.98 Å². The molecule has 2 aliphatic rings. The van der Waals surface area contributed by atoms with E-state index in [1.54, 1.807) is 6.20 Å². The minimum absolute atomic E-state index is 0.155. The Kier molecular flexibility index (Phi) is 3.65. The van der Waals surface area contributed by atoms with Gasteiger partial charge in [0.05, 0.1) is 11.6 Å². The van der Waals surface area contributed by atoms with E-state index in [2.05, 4.69) is 15.6 Å². The second-order valence-electron chi connectivity index (χ2n) is 6.63. The van der Waals surface area contributed by atoms with E-state index in [-0.39, 0.29) is 11.3 Å². The number of amides is 1. The quantitative estimate of drug-likeness (QED) is 0.914. The Morgan fingerprint density at radius 3 is 3.22 bits per heavy atom. The Hall–Kier alpha value is -2.14. The Bertz CT molecular complexity index is 698. The molecular weight excluding hydrogens is 290 g/mol. The minimum atomic E-state index is -0.236. The van der Waals surface area contributed by atoms with Gasteiger partial charge < -0.3 is 15.1 Å². The van der Waals surface area contributed by atoms with Gasteiger partial charge >= 0.3 is 0 Å². The smallest absolute Gasteiger partial charge is 0.232 e. The Morgan fingerprint density at radius 2 is 2.35 bits per heavy atom. The first-order valence-corrected chi connectivity index (χ1v) is 8.29. The first kappa shape index (κ1) is 14.5. The highest BCUT2D eigenvalue weighted by atomic mass is 16.3. The maximum absolute atomic E-state index is 13.0. The molecule has 2 N–H and O–H groups in total. The molecule has 4 rings (SSSR count). The molecule has 120 valence electrons. The first-order chi connectivity index (χ1) is 11.3. The van der Waals surface area contributed by atoms with Crippen LogP contribution in [0.1, 0.15) is 25.7 Å². The summed E-state index contributed by atoms with van der Waals surface area (Å²) in [4.78, 5) is 16.9. The molecule has 2 atom stereocenters. The lowest BCUT2D eigenvalue weighted by molar-refractivity contribution is -0.128. The van der Waals surface area contributed by atoms with E-state index in [0.717, 1.165) is 43.6 Å². The van der Waals surface area contributed by atoms with Crippen molar-refractivity contribution in [3.05, 3.63) is 36.9 Å². The van der Waals surface area contributed by atoms with Gasteiger partial charge in [0.15, 0.2) is 12.2 Å². The number of anilines is 1. The number of carbonyl (C=O) groups excluding carboxylic acids is 1. The largest absolute Gasteiger partial charge is 0.444 e. The van der Waals surface area contributed by atoms with Gasteiger partial charge in [0, 0.05) is 17.8 Å². The Balaban J connectivity index is 1.56. The third-order valence-electron chi connectivity index (χ3n) is 5.33. The second kappa shape index (κ2) is 5.81. The van der Waals surface area contributed by atoms with Crippen LogP contribution in [0.15, 0.2) is 41.3 Å². The fourth-order valence-electron chi connectivity index (χ4n) is 4.05. The van der Waals surface area contributed by atoms with Crippen LogP contribution in [-0.2, 0) is 4.79 Å². The van der Waals surface area contributed by atoms with Gasteiger partial charge in [-0.05, 0) is 37.4 Å². The molecule has 1 aliphatic heterocycles. The van der Waals surface area contributed by atoms with Gasteiger partial charge in [-0.15, -0.1) is 0 Å². The molecule has 1 saturated heterocycles. The molecule has 0 spiro atoms. The molecule has 2 fully saturated rings. The van der Waals surface area contributed by atoms with E-state index < -0.39 is 0 Å². The van der Waals surface area contributed by atoms with Gasteiger partial charge in [-0.2, -0.15) is 0 Å². The van der Waals surface area contributed by atoms with E-state index in [9.17, 15) is 4.79 Å². The number of hydrogen-bond acceptors (Lipinski definition) is 4. The van der Waals surface area contributed by atoms with E-state index in [1.165, 1.54) is 12.8 Å². The molecule has 5 heteroatoms. The minimum Gasteiger partial charge on any atom is -0.444 e. The topological polar surface area (TPSA) is 67.2 Å². The van der Waals surface area contributed by atoms with Crippen LogP contribution in [0.3, 0.4) is 0 Å². The summed E-state index contributed by atoms with van der Waals surface area (Å²) < 4.78 is 5.33. The summed E-state index contributed by atoms with van der Waals surface area (Å²) in [6.45, 7) is 1.76. The predicted octanol–water partition coefficient (Wildman–Crippen LogP) is 3.06. The molecular formula is C18H21N3O2. The van der Waals surface area contributed by atoms with E-state index in [4.69, 9.17) is 4.42 Å². The molecule has 1 aromatic carbocycles. The highest BCUT2D eigenvalue weighted by Crippen LogP contribution is 2.44. The lowest BCUT2D eigenvalue weighted by atomic mass is 9.67. The van der Waals surface area contributed by atoms with Crippen LogP contribution in [0, 0.1) is 11.3 Å². The third kappa shape index (κ3) is 2.55. The van der Waals surface area contributed by atoms with Gasteiger partial charge in [-0.1, -0.05) is 25.0 Å². The molecule has 1 amide bonds. The van der Waals surface area contributed by atoms with Crippen molar-refractivity contribution >= 4 is 11.6 Å². The summed E-state index contributed by atoms with van der Waals surface area (Å²) in [6, 6.07) is 7.75. The molecule has 2 aromatic rings. The van der Waals surface area contributed by atoms with Crippen LogP contribution in [0.5, 0.6) is 0 Å². The normalized spacial score (nSPS) is 26.7. The van der Waals surface area contributed by atoms with Crippen molar-refractivity contribution in [2.24, 2.45) is 11.3 Å². The van der Waals surface area contributed by atoms with Crippen LogP contribution in [-0.4, -0.2) is 24.0 Å². The van der Waals surface area contributed by atoms with E-state index in [0.29, 0.717) is 11.7 Å². The van der Waals surface area contributed by atoms with Crippen molar-refractivity contribution in [1.82, 2.24) is 10.3 Å². The van der Waals surface area contributed by atoms with Gasteiger partial charge in [0.2, 0.25) is 5.91 Å².